The summed E-state index contributed by atoms with van der Waals surface area (Å²) in [5, 5.41) is 3.94. The molecule has 1 amide bonds. The summed E-state index contributed by atoms with van der Waals surface area (Å²) in [4.78, 5) is 27.3. The van der Waals surface area contributed by atoms with Crippen LogP contribution in [-0.2, 0) is 27.2 Å². The molecule has 0 aliphatic carbocycles. The zero-order chi connectivity index (χ0) is 19.6. The van der Waals surface area contributed by atoms with Crippen LogP contribution in [0.3, 0.4) is 0 Å². The average Bonchev–Trinajstić information content (AvgIpc) is 3.27. The Morgan fingerprint density at radius 1 is 1.41 bits per heavy atom. The number of hydrogen-bond acceptors (Lipinski definition) is 6. The number of aromatic nitrogens is 1. The van der Waals surface area contributed by atoms with Crippen molar-refractivity contribution in [1.82, 2.24) is 10.3 Å². The van der Waals surface area contributed by atoms with Gasteiger partial charge in [0.25, 0.3) is 0 Å². The molecule has 1 aliphatic heterocycles. The van der Waals surface area contributed by atoms with Crippen molar-refractivity contribution in [3.05, 3.63) is 34.8 Å². The summed E-state index contributed by atoms with van der Waals surface area (Å²) in [6.45, 7) is 0.627. The highest BCUT2D eigenvalue weighted by molar-refractivity contribution is 7.13. The number of ether oxygens (including phenoxy) is 2. The number of hydrogen-bond donors (Lipinski definition) is 1. The van der Waals surface area contributed by atoms with Crippen LogP contribution in [0, 0.1) is 0 Å². The Kier molecular flexibility index (Phi) is 5.36. The lowest BCUT2D eigenvalue weighted by molar-refractivity contribution is -0.175. The average molecular weight is 400 g/mol. The molecule has 0 saturated heterocycles. The van der Waals surface area contributed by atoms with Gasteiger partial charge in [0.1, 0.15) is 16.8 Å². The summed E-state index contributed by atoms with van der Waals surface area (Å²) in [6.07, 6.45) is -4.50. The number of nitrogens with one attached hydrogen (secondary N) is 1. The number of benzene rings is 1. The van der Waals surface area contributed by atoms with Crippen molar-refractivity contribution >= 4 is 23.2 Å². The number of nitrogens with zero attached hydrogens (tertiary/aromatic N) is 1. The van der Waals surface area contributed by atoms with E-state index in [0.717, 1.165) is 30.4 Å². The minimum atomic E-state index is -5.09. The molecule has 1 aromatic heterocycles. The highest BCUT2D eigenvalue weighted by atomic mass is 32.1. The van der Waals surface area contributed by atoms with E-state index in [1.165, 1.54) is 11.3 Å². The lowest BCUT2D eigenvalue weighted by atomic mass is 10.1. The molecule has 10 heteroatoms. The van der Waals surface area contributed by atoms with Crippen molar-refractivity contribution in [3.8, 4) is 16.3 Å². The van der Waals surface area contributed by atoms with E-state index in [1.807, 2.05) is 18.2 Å². The maximum atomic E-state index is 12.5. The minimum Gasteiger partial charge on any atom is -0.493 e. The Hall–Kier alpha value is -2.62. The molecule has 0 saturated carbocycles. The van der Waals surface area contributed by atoms with Gasteiger partial charge in [-0.2, -0.15) is 13.2 Å². The number of esters is 1. The van der Waals surface area contributed by atoms with Crippen LogP contribution in [0.4, 0.5) is 13.2 Å². The first-order chi connectivity index (χ1) is 12.8. The van der Waals surface area contributed by atoms with E-state index in [-0.39, 0.29) is 6.42 Å². The molecule has 1 N–H and O–H groups in total. The fourth-order valence-corrected chi connectivity index (χ4v) is 3.47. The summed E-state index contributed by atoms with van der Waals surface area (Å²) < 4.78 is 47.3. The third kappa shape index (κ3) is 4.38. The van der Waals surface area contributed by atoms with Gasteiger partial charge in [0.15, 0.2) is 0 Å². The predicted molar refractivity (Wildman–Crippen MR) is 90.5 cm³/mol. The Balaban J connectivity index is 1.76. The van der Waals surface area contributed by atoms with E-state index in [2.05, 4.69) is 9.72 Å². The Morgan fingerprint density at radius 3 is 2.89 bits per heavy atom. The molecule has 2 heterocycles. The molecule has 0 fully saturated rings. The molecule has 144 valence electrons. The topological polar surface area (TPSA) is 77.5 Å². The van der Waals surface area contributed by atoms with Crippen molar-refractivity contribution in [1.29, 1.82) is 0 Å². The Morgan fingerprint density at radius 2 is 2.19 bits per heavy atom. The van der Waals surface area contributed by atoms with Gasteiger partial charge < -0.3 is 14.8 Å². The molecule has 6 nitrogen and oxygen atoms in total. The molecule has 2 aromatic rings. The predicted octanol–water partition coefficient (Wildman–Crippen LogP) is 2.51. The summed E-state index contributed by atoms with van der Waals surface area (Å²) in [6, 6.07) is 4.16. The van der Waals surface area contributed by atoms with E-state index >= 15 is 0 Å². The van der Waals surface area contributed by atoms with Crippen molar-refractivity contribution < 1.29 is 32.2 Å². The van der Waals surface area contributed by atoms with Crippen molar-refractivity contribution in [2.75, 3.05) is 13.7 Å². The second-order valence-corrected chi connectivity index (χ2v) is 6.67. The maximum Gasteiger partial charge on any atom is 0.471 e. The van der Waals surface area contributed by atoms with E-state index < -0.39 is 24.1 Å². The number of halogens is 3. The normalized spacial score (nSPS) is 14.2. The van der Waals surface area contributed by atoms with Crippen LogP contribution in [0.15, 0.2) is 23.6 Å². The smallest absolute Gasteiger partial charge is 0.471 e. The molecular weight excluding hydrogens is 385 g/mol. The summed E-state index contributed by atoms with van der Waals surface area (Å²) >= 11 is 1.29. The van der Waals surface area contributed by atoms with Crippen LogP contribution >= 0.6 is 11.3 Å². The first-order valence-electron chi connectivity index (χ1n) is 7.94. The molecule has 0 unspecified atom stereocenters. The lowest BCUT2D eigenvalue weighted by Crippen LogP contribution is -2.48. The standard InChI is InChI=1S/C17H15F3N2O4S/c1-25-15(23)12(22-16(24)17(18,19)20)7-11-8-27-14(21-11)10-2-3-13-9(6-10)4-5-26-13/h2-3,6,8,12H,4-5,7H2,1H3,(H,22,24)/t12-/m0/s1. The number of methoxy groups -OCH3 is 1. The second-order valence-electron chi connectivity index (χ2n) is 5.82. The zero-order valence-electron chi connectivity index (χ0n) is 14.1. The fraction of sp³-hybridized carbons (Fsp3) is 0.353. The van der Waals surface area contributed by atoms with Crippen LogP contribution < -0.4 is 10.1 Å². The van der Waals surface area contributed by atoms with Gasteiger partial charge in [0.2, 0.25) is 0 Å². The number of alkyl halides is 3. The Labute approximate surface area is 156 Å². The summed E-state index contributed by atoms with van der Waals surface area (Å²) in [5.74, 6) is -2.35. The van der Waals surface area contributed by atoms with Crippen LogP contribution in [0.5, 0.6) is 5.75 Å². The number of rotatable bonds is 5. The second kappa shape index (κ2) is 7.55. The number of thiazole rings is 1. The molecular formula is C17H15F3N2O4S. The van der Waals surface area contributed by atoms with Gasteiger partial charge in [-0.25, -0.2) is 9.78 Å². The van der Waals surface area contributed by atoms with E-state index in [9.17, 15) is 22.8 Å². The maximum absolute atomic E-state index is 12.5. The van der Waals surface area contributed by atoms with Gasteiger partial charge in [0, 0.05) is 23.8 Å². The van der Waals surface area contributed by atoms with E-state index in [1.54, 1.807) is 10.7 Å². The third-order valence-electron chi connectivity index (χ3n) is 3.95. The highest BCUT2D eigenvalue weighted by Crippen LogP contribution is 2.32. The molecule has 3 rings (SSSR count). The minimum absolute atomic E-state index is 0.209. The highest BCUT2D eigenvalue weighted by Gasteiger charge is 2.41. The molecule has 1 aliphatic rings. The van der Waals surface area contributed by atoms with Gasteiger partial charge in [-0.1, -0.05) is 0 Å². The molecule has 27 heavy (non-hydrogen) atoms. The van der Waals surface area contributed by atoms with E-state index in [0.29, 0.717) is 17.3 Å². The largest absolute Gasteiger partial charge is 0.493 e. The number of carbonyl (C=O) groups is 2. The zero-order valence-corrected chi connectivity index (χ0v) is 14.9. The quantitative estimate of drug-likeness (QED) is 0.781. The molecule has 0 bridgehead atoms. The van der Waals surface area contributed by atoms with Crippen LogP contribution in [-0.4, -0.2) is 42.8 Å². The van der Waals surface area contributed by atoms with Crippen molar-refractivity contribution in [2.45, 2.75) is 25.1 Å². The van der Waals surface area contributed by atoms with Gasteiger partial charge in [0.05, 0.1) is 19.4 Å². The number of carbonyl (C=O) groups excluding carboxylic acids is 2. The number of fused-ring (bicyclic) bond motifs is 1. The van der Waals surface area contributed by atoms with Crippen LogP contribution in [0.1, 0.15) is 11.3 Å². The van der Waals surface area contributed by atoms with Gasteiger partial charge in [-0.3, -0.25) is 4.79 Å². The molecule has 1 atom stereocenters. The first kappa shape index (κ1) is 19.2. The van der Waals surface area contributed by atoms with Gasteiger partial charge >= 0.3 is 18.1 Å². The third-order valence-corrected chi connectivity index (χ3v) is 4.89. The monoisotopic (exact) mass is 400 g/mol. The van der Waals surface area contributed by atoms with E-state index in [4.69, 9.17) is 4.74 Å². The van der Waals surface area contributed by atoms with Crippen molar-refractivity contribution in [2.24, 2.45) is 0 Å². The fourth-order valence-electron chi connectivity index (χ4n) is 2.64. The molecule has 0 spiro atoms. The SMILES string of the molecule is COC(=O)[C@H](Cc1csc(-c2ccc3c(c2)CCO3)n1)NC(=O)C(F)(F)F. The van der Waals surface area contributed by atoms with Gasteiger partial charge in [-0.05, 0) is 23.8 Å². The summed E-state index contributed by atoms with van der Waals surface area (Å²) in [7, 11) is 1.04. The molecule has 0 radical (unpaired) electrons. The lowest BCUT2D eigenvalue weighted by Gasteiger charge is -2.16. The molecule has 1 aromatic carbocycles. The Bertz CT molecular complexity index is 866. The van der Waals surface area contributed by atoms with Crippen molar-refractivity contribution in [3.63, 3.8) is 0 Å². The summed E-state index contributed by atoms with van der Waals surface area (Å²) in [5.41, 5.74) is 2.29. The van der Waals surface area contributed by atoms with Crippen LogP contribution in [0.2, 0.25) is 0 Å². The first-order valence-corrected chi connectivity index (χ1v) is 8.82. The van der Waals surface area contributed by atoms with Gasteiger partial charge in [-0.15, -0.1) is 11.3 Å². The van der Waals surface area contributed by atoms with Crippen LogP contribution in [0.25, 0.3) is 10.6 Å². The number of amides is 1.